The maximum Gasteiger partial charge on any atom is 0.289 e. The van der Waals surface area contributed by atoms with Crippen LogP contribution in [-0.4, -0.2) is 46.7 Å². The van der Waals surface area contributed by atoms with Gasteiger partial charge >= 0.3 is 0 Å². The molecule has 0 aliphatic carbocycles. The third-order valence-corrected chi connectivity index (χ3v) is 5.36. The van der Waals surface area contributed by atoms with Crippen LogP contribution in [0.25, 0.3) is 11.5 Å². The summed E-state index contributed by atoms with van der Waals surface area (Å²) in [7, 11) is 0. The molecule has 1 fully saturated rings. The lowest BCUT2D eigenvalue weighted by Gasteiger charge is -2.25. The highest BCUT2D eigenvalue weighted by atomic mass is 16.5. The summed E-state index contributed by atoms with van der Waals surface area (Å²) in [5.74, 6) is 2.59. The van der Waals surface area contributed by atoms with Gasteiger partial charge < -0.3 is 18.6 Å². The number of rotatable bonds is 6. The van der Waals surface area contributed by atoms with Crippen LogP contribution >= 0.6 is 0 Å². The van der Waals surface area contributed by atoms with Crippen LogP contribution < -0.4 is 0 Å². The van der Waals surface area contributed by atoms with Crippen molar-refractivity contribution < 1.29 is 13.9 Å². The third kappa shape index (κ3) is 4.49. The highest BCUT2D eigenvalue weighted by Crippen LogP contribution is 2.29. The Bertz CT molecular complexity index is 790. The summed E-state index contributed by atoms with van der Waals surface area (Å²) < 4.78 is 13.7. The number of amides is 1. The summed E-state index contributed by atoms with van der Waals surface area (Å²) in [5.41, 5.74) is 0.714. The zero-order chi connectivity index (χ0) is 20.3. The van der Waals surface area contributed by atoms with Crippen LogP contribution in [0.15, 0.2) is 22.7 Å². The Hall–Kier alpha value is -2.08. The molecule has 0 N–H and O–H groups in total. The zero-order valence-electron chi connectivity index (χ0n) is 17.8. The lowest BCUT2D eigenvalue weighted by molar-refractivity contribution is 0.0607. The van der Waals surface area contributed by atoms with Gasteiger partial charge in [-0.1, -0.05) is 20.8 Å². The van der Waals surface area contributed by atoms with E-state index < -0.39 is 0 Å². The van der Waals surface area contributed by atoms with E-state index in [1.165, 1.54) is 0 Å². The van der Waals surface area contributed by atoms with E-state index in [1.54, 1.807) is 11.0 Å². The first-order valence-electron chi connectivity index (χ1n) is 10.4. The fourth-order valence-electron chi connectivity index (χ4n) is 3.74. The van der Waals surface area contributed by atoms with Crippen LogP contribution in [0.4, 0.5) is 0 Å². The molecule has 1 aliphatic rings. The average molecular weight is 388 g/mol. The second kappa shape index (κ2) is 8.52. The van der Waals surface area contributed by atoms with Gasteiger partial charge in [-0.15, -0.1) is 0 Å². The monoisotopic (exact) mass is 387 g/mol. The summed E-state index contributed by atoms with van der Waals surface area (Å²) in [6.07, 6.45) is 4.24. The number of ether oxygens (including phenoxy) is 1. The lowest BCUT2D eigenvalue weighted by atomic mass is 9.94. The van der Waals surface area contributed by atoms with Gasteiger partial charge in [-0.3, -0.25) is 4.79 Å². The van der Waals surface area contributed by atoms with Crippen LogP contribution in [0.3, 0.4) is 0 Å². The maximum atomic E-state index is 12.5. The number of nitrogens with zero attached hydrogens (tertiary/aromatic N) is 3. The molecule has 0 saturated carbocycles. The van der Waals surface area contributed by atoms with E-state index in [1.807, 2.05) is 19.9 Å². The molecule has 1 saturated heterocycles. The van der Waals surface area contributed by atoms with Gasteiger partial charge in [-0.25, -0.2) is 4.98 Å². The average Bonchev–Trinajstić information content (AvgIpc) is 3.30. The van der Waals surface area contributed by atoms with E-state index in [4.69, 9.17) is 14.1 Å². The van der Waals surface area contributed by atoms with Crippen LogP contribution in [0, 0.1) is 5.92 Å². The molecule has 3 rings (SSSR count). The SMILES string of the molecule is CCN(CC)C(=O)c1ccc(-c2cn(CC3CCOCC3)c(C(C)(C)C)n2)o1. The van der Waals surface area contributed by atoms with Gasteiger partial charge in [0, 0.05) is 44.5 Å². The van der Waals surface area contributed by atoms with Gasteiger partial charge in [0.05, 0.1) is 0 Å². The van der Waals surface area contributed by atoms with Crippen molar-refractivity contribution in [2.45, 2.75) is 59.4 Å². The van der Waals surface area contributed by atoms with Crippen molar-refractivity contribution in [2.75, 3.05) is 26.3 Å². The predicted octanol–water partition coefficient (Wildman–Crippen LogP) is 4.35. The van der Waals surface area contributed by atoms with Crippen LogP contribution in [-0.2, 0) is 16.7 Å². The summed E-state index contributed by atoms with van der Waals surface area (Å²) in [6, 6.07) is 3.61. The number of furan rings is 1. The van der Waals surface area contributed by atoms with Crippen LogP contribution in [0.2, 0.25) is 0 Å². The quantitative estimate of drug-likeness (QED) is 0.739. The molecule has 154 valence electrons. The molecule has 3 heterocycles. The summed E-state index contributed by atoms with van der Waals surface area (Å²) in [4.78, 5) is 19.2. The van der Waals surface area contributed by atoms with Crippen molar-refractivity contribution in [2.24, 2.45) is 5.92 Å². The highest BCUT2D eigenvalue weighted by molar-refractivity contribution is 5.92. The number of hydrogen-bond donors (Lipinski definition) is 0. The van der Waals surface area contributed by atoms with Gasteiger partial charge in [0.1, 0.15) is 11.5 Å². The highest BCUT2D eigenvalue weighted by Gasteiger charge is 2.26. The van der Waals surface area contributed by atoms with Crippen molar-refractivity contribution in [1.29, 1.82) is 0 Å². The molecule has 0 aromatic carbocycles. The largest absolute Gasteiger partial charge is 0.449 e. The molecule has 28 heavy (non-hydrogen) atoms. The van der Waals surface area contributed by atoms with E-state index >= 15 is 0 Å². The first kappa shape index (κ1) is 20.6. The van der Waals surface area contributed by atoms with Crippen LogP contribution in [0.5, 0.6) is 0 Å². The van der Waals surface area contributed by atoms with Crippen molar-refractivity contribution in [3.63, 3.8) is 0 Å². The fourth-order valence-corrected chi connectivity index (χ4v) is 3.74. The molecule has 6 nitrogen and oxygen atoms in total. The summed E-state index contributed by atoms with van der Waals surface area (Å²) in [6.45, 7) is 14.4. The van der Waals surface area contributed by atoms with E-state index in [2.05, 4.69) is 31.5 Å². The minimum absolute atomic E-state index is 0.0735. The molecule has 0 atom stereocenters. The van der Waals surface area contributed by atoms with E-state index in [-0.39, 0.29) is 11.3 Å². The summed E-state index contributed by atoms with van der Waals surface area (Å²) in [5, 5.41) is 0. The Morgan fingerprint density at radius 2 is 1.89 bits per heavy atom. The molecule has 2 aromatic heterocycles. The zero-order valence-corrected chi connectivity index (χ0v) is 17.8. The molecule has 0 radical (unpaired) electrons. The second-order valence-corrected chi connectivity index (χ2v) is 8.55. The number of carbonyl (C=O) groups excluding carboxylic acids is 1. The second-order valence-electron chi connectivity index (χ2n) is 8.55. The Morgan fingerprint density at radius 1 is 1.21 bits per heavy atom. The molecule has 6 heteroatoms. The number of hydrogen-bond acceptors (Lipinski definition) is 4. The lowest BCUT2D eigenvalue weighted by Crippen LogP contribution is -2.30. The van der Waals surface area contributed by atoms with Gasteiger partial charge in [-0.2, -0.15) is 0 Å². The molecule has 2 aromatic rings. The minimum atomic E-state index is -0.0751. The Morgan fingerprint density at radius 3 is 2.50 bits per heavy atom. The molecule has 1 aliphatic heterocycles. The van der Waals surface area contributed by atoms with Crippen molar-refractivity contribution in [1.82, 2.24) is 14.5 Å². The number of imidazole rings is 1. The molecule has 1 amide bonds. The topological polar surface area (TPSA) is 60.5 Å². The van der Waals surface area contributed by atoms with Gasteiger partial charge in [0.25, 0.3) is 5.91 Å². The Kier molecular flexibility index (Phi) is 6.28. The molecule has 0 unspecified atom stereocenters. The predicted molar refractivity (Wildman–Crippen MR) is 109 cm³/mol. The van der Waals surface area contributed by atoms with Crippen LogP contribution in [0.1, 0.15) is 63.8 Å². The molecular weight excluding hydrogens is 354 g/mol. The van der Waals surface area contributed by atoms with Gasteiger partial charge in [0.2, 0.25) is 0 Å². The smallest absolute Gasteiger partial charge is 0.289 e. The van der Waals surface area contributed by atoms with Gasteiger partial charge in [-0.05, 0) is 44.7 Å². The van der Waals surface area contributed by atoms with Crippen molar-refractivity contribution in [3.8, 4) is 11.5 Å². The van der Waals surface area contributed by atoms with Crippen molar-refractivity contribution >= 4 is 5.91 Å². The summed E-state index contributed by atoms with van der Waals surface area (Å²) >= 11 is 0. The third-order valence-electron chi connectivity index (χ3n) is 5.36. The molecular formula is C22H33N3O3. The van der Waals surface area contributed by atoms with Gasteiger partial charge in [0.15, 0.2) is 11.5 Å². The Labute approximate surface area is 167 Å². The first-order valence-corrected chi connectivity index (χ1v) is 10.4. The fraction of sp³-hybridized carbons (Fsp3) is 0.636. The normalized spacial score (nSPS) is 15.8. The first-order chi connectivity index (χ1) is 13.3. The van der Waals surface area contributed by atoms with E-state index in [9.17, 15) is 4.79 Å². The molecule has 0 bridgehead atoms. The standard InChI is InChI=1S/C22H33N3O3/c1-6-24(7-2)20(26)19-9-8-18(28-19)17-15-25(21(23-17)22(3,4)5)14-16-10-12-27-13-11-16/h8-9,15-16H,6-7,10-14H2,1-5H3. The number of carbonyl (C=O) groups is 1. The van der Waals surface area contributed by atoms with E-state index in [0.717, 1.165) is 44.1 Å². The Balaban J connectivity index is 1.87. The maximum absolute atomic E-state index is 12.5. The molecule has 0 spiro atoms. The number of aromatic nitrogens is 2. The minimum Gasteiger partial charge on any atom is -0.449 e. The van der Waals surface area contributed by atoms with Crippen molar-refractivity contribution in [3.05, 3.63) is 29.9 Å². The van der Waals surface area contributed by atoms with E-state index in [0.29, 0.717) is 30.5 Å².